The summed E-state index contributed by atoms with van der Waals surface area (Å²) in [6.45, 7) is 0. The van der Waals surface area contributed by atoms with E-state index < -0.39 is 0 Å². The number of phenols is 1. The summed E-state index contributed by atoms with van der Waals surface area (Å²) in [5.41, 5.74) is 1.88. The van der Waals surface area contributed by atoms with Gasteiger partial charge in [-0.2, -0.15) is 21.0 Å². The van der Waals surface area contributed by atoms with E-state index in [1.165, 1.54) is 12.1 Å². The van der Waals surface area contributed by atoms with Gasteiger partial charge in [0.15, 0.2) is 0 Å². The molecule has 0 aromatic heterocycles. The van der Waals surface area contributed by atoms with Gasteiger partial charge in [0.05, 0.1) is 0 Å². The van der Waals surface area contributed by atoms with Crippen LogP contribution in [-0.4, -0.2) is 5.11 Å². The van der Waals surface area contributed by atoms with Crippen LogP contribution < -0.4 is 0 Å². The highest BCUT2D eigenvalue weighted by atomic mass is 16.3. The molecule has 0 aliphatic heterocycles. The molecule has 5 nitrogen and oxygen atoms in total. The second kappa shape index (κ2) is 4.99. The van der Waals surface area contributed by atoms with Crippen molar-refractivity contribution in [1.82, 2.24) is 0 Å². The molecule has 1 aliphatic rings. The summed E-state index contributed by atoms with van der Waals surface area (Å²) in [4.78, 5) is 0. The van der Waals surface area contributed by atoms with Gasteiger partial charge in [0.25, 0.3) is 0 Å². The van der Waals surface area contributed by atoms with Crippen molar-refractivity contribution in [2.75, 3.05) is 0 Å². The third-order valence-corrected chi connectivity index (χ3v) is 3.06. The lowest BCUT2D eigenvalue weighted by Gasteiger charge is -2.01. The molecule has 20 heavy (non-hydrogen) atoms. The molecular weight excluding hydrogens is 252 g/mol. The Morgan fingerprint density at radius 3 is 1.85 bits per heavy atom. The number of nitrogens with zero attached hydrogens (tertiary/aromatic N) is 4. The highest BCUT2D eigenvalue weighted by Gasteiger charge is 2.27. The Labute approximate surface area is 115 Å². The quantitative estimate of drug-likeness (QED) is 0.717. The van der Waals surface area contributed by atoms with Crippen molar-refractivity contribution in [3.8, 4) is 30.0 Å². The van der Waals surface area contributed by atoms with Crippen LogP contribution >= 0.6 is 0 Å². The van der Waals surface area contributed by atoms with E-state index in [0.29, 0.717) is 22.3 Å². The van der Waals surface area contributed by atoms with Gasteiger partial charge in [-0.25, -0.2) is 0 Å². The molecule has 0 saturated heterocycles. The molecule has 0 unspecified atom stereocenters. The number of phenolic OH excluding ortho intramolecular Hbond substituents is 1. The molecule has 0 amide bonds. The van der Waals surface area contributed by atoms with E-state index in [1.807, 2.05) is 12.1 Å². The Hall–Kier alpha value is -3.54. The Morgan fingerprint density at radius 1 is 0.850 bits per heavy atom. The second-order valence-corrected chi connectivity index (χ2v) is 4.06. The van der Waals surface area contributed by atoms with Crippen molar-refractivity contribution in [3.63, 3.8) is 0 Å². The van der Waals surface area contributed by atoms with Gasteiger partial charge in [-0.3, -0.25) is 0 Å². The minimum absolute atomic E-state index is 0.00630. The van der Waals surface area contributed by atoms with Gasteiger partial charge in [0.1, 0.15) is 41.2 Å². The zero-order valence-corrected chi connectivity index (χ0v) is 10.2. The van der Waals surface area contributed by atoms with Crippen LogP contribution in [0.1, 0.15) is 17.5 Å². The predicted molar refractivity (Wildman–Crippen MR) is 69.0 cm³/mol. The van der Waals surface area contributed by atoms with Gasteiger partial charge in [0, 0.05) is 6.42 Å². The Balaban J connectivity index is 2.86. The Bertz CT molecular complexity index is 801. The normalized spacial score (nSPS) is 11.6. The van der Waals surface area contributed by atoms with E-state index in [-0.39, 0.29) is 23.3 Å². The number of benzene rings is 1. The molecule has 1 aromatic carbocycles. The van der Waals surface area contributed by atoms with E-state index in [0.717, 1.165) is 0 Å². The number of aromatic hydroxyl groups is 1. The van der Waals surface area contributed by atoms with Crippen LogP contribution in [0.5, 0.6) is 5.75 Å². The molecule has 2 rings (SSSR count). The molecule has 0 saturated carbocycles. The van der Waals surface area contributed by atoms with E-state index in [1.54, 1.807) is 18.2 Å². The lowest BCUT2D eigenvalue weighted by Crippen LogP contribution is -1.84. The largest absolute Gasteiger partial charge is 0.508 e. The van der Waals surface area contributed by atoms with Crippen molar-refractivity contribution < 1.29 is 5.11 Å². The van der Waals surface area contributed by atoms with Gasteiger partial charge >= 0.3 is 0 Å². The first kappa shape index (κ1) is 12.9. The zero-order valence-electron chi connectivity index (χ0n) is 10.2. The molecule has 0 bridgehead atoms. The molecule has 1 aliphatic carbocycles. The van der Waals surface area contributed by atoms with E-state index in [2.05, 4.69) is 0 Å². The molecule has 0 spiro atoms. The number of hydrogen-bond acceptors (Lipinski definition) is 5. The van der Waals surface area contributed by atoms with Crippen molar-refractivity contribution >= 4 is 11.1 Å². The SMILES string of the molecule is N#CC(C#N)=C1CC(=C(C#N)C#N)c2cc(O)ccc21. The fraction of sp³-hybridized carbons (Fsp3) is 0.0667. The first-order chi connectivity index (χ1) is 9.65. The molecule has 0 heterocycles. The molecule has 5 heteroatoms. The first-order valence-electron chi connectivity index (χ1n) is 5.56. The molecule has 0 atom stereocenters. The van der Waals surface area contributed by atoms with Crippen LogP contribution in [0.3, 0.4) is 0 Å². The summed E-state index contributed by atoms with van der Waals surface area (Å²) < 4.78 is 0. The Kier molecular flexibility index (Phi) is 3.22. The van der Waals surface area contributed by atoms with Crippen LogP contribution in [0.15, 0.2) is 29.3 Å². The maximum Gasteiger partial charge on any atom is 0.133 e. The molecule has 0 radical (unpaired) electrons. The van der Waals surface area contributed by atoms with Crippen LogP contribution in [0.4, 0.5) is 0 Å². The van der Waals surface area contributed by atoms with Crippen LogP contribution in [0, 0.1) is 45.3 Å². The van der Waals surface area contributed by atoms with Crippen LogP contribution in [-0.2, 0) is 0 Å². The minimum Gasteiger partial charge on any atom is -0.508 e. The summed E-state index contributed by atoms with van der Waals surface area (Å²) in [6.07, 6.45) is 0.158. The summed E-state index contributed by atoms with van der Waals surface area (Å²) in [5.74, 6) is -0.00630. The van der Waals surface area contributed by atoms with Gasteiger partial charge in [-0.15, -0.1) is 0 Å². The fourth-order valence-electron chi connectivity index (χ4n) is 2.18. The zero-order chi connectivity index (χ0) is 14.7. The lowest BCUT2D eigenvalue weighted by atomic mass is 10.0. The van der Waals surface area contributed by atoms with Gasteiger partial charge in [0.2, 0.25) is 0 Å². The van der Waals surface area contributed by atoms with Crippen LogP contribution in [0.25, 0.3) is 11.1 Å². The monoisotopic (exact) mass is 258 g/mol. The van der Waals surface area contributed by atoms with Gasteiger partial charge in [-0.1, -0.05) is 6.07 Å². The number of hydrogen-bond donors (Lipinski definition) is 1. The molecule has 1 aromatic rings. The smallest absolute Gasteiger partial charge is 0.133 e. The van der Waals surface area contributed by atoms with E-state index in [4.69, 9.17) is 21.0 Å². The first-order valence-corrected chi connectivity index (χ1v) is 5.56. The van der Waals surface area contributed by atoms with Crippen molar-refractivity contribution in [3.05, 3.63) is 40.5 Å². The predicted octanol–water partition coefficient (Wildman–Crippen LogP) is 2.40. The molecule has 1 N–H and O–H groups in total. The highest BCUT2D eigenvalue weighted by molar-refractivity contribution is 5.98. The third-order valence-electron chi connectivity index (χ3n) is 3.06. The second-order valence-electron chi connectivity index (χ2n) is 4.06. The minimum atomic E-state index is -0.0814. The standard InChI is InChI=1S/C15H6N4O/c16-5-9(6-17)13-4-14(10(7-18)8-19)15-3-11(20)1-2-12(13)15/h1-3,20H,4H2. The maximum atomic E-state index is 9.55. The summed E-state index contributed by atoms with van der Waals surface area (Å²) >= 11 is 0. The fourth-order valence-corrected chi connectivity index (χ4v) is 2.18. The van der Waals surface area contributed by atoms with Crippen molar-refractivity contribution in [1.29, 1.82) is 21.0 Å². The number of fused-ring (bicyclic) bond motifs is 1. The van der Waals surface area contributed by atoms with Crippen LogP contribution in [0.2, 0.25) is 0 Å². The third kappa shape index (κ3) is 1.87. The number of rotatable bonds is 0. The van der Waals surface area contributed by atoms with Gasteiger partial charge in [-0.05, 0) is 34.4 Å². The average Bonchev–Trinajstić information content (AvgIpc) is 2.81. The Morgan fingerprint density at radius 2 is 1.35 bits per heavy atom. The topological polar surface area (TPSA) is 115 Å². The highest BCUT2D eigenvalue weighted by Crippen LogP contribution is 2.44. The van der Waals surface area contributed by atoms with Crippen molar-refractivity contribution in [2.45, 2.75) is 6.42 Å². The molecule has 92 valence electrons. The number of nitriles is 4. The summed E-state index contributed by atoms with van der Waals surface area (Å²) in [7, 11) is 0. The summed E-state index contributed by atoms with van der Waals surface area (Å²) in [6, 6.07) is 11.7. The van der Waals surface area contributed by atoms with E-state index in [9.17, 15) is 5.11 Å². The van der Waals surface area contributed by atoms with E-state index >= 15 is 0 Å². The number of allylic oxidation sites excluding steroid dienone is 4. The van der Waals surface area contributed by atoms with Crippen molar-refractivity contribution in [2.24, 2.45) is 0 Å². The lowest BCUT2D eigenvalue weighted by molar-refractivity contribution is 0.475. The molecule has 0 fully saturated rings. The summed E-state index contributed by atoms with van der Waals surface area (Å²) in [5, 5.41) is 45.5. The molecular formula is C15H6N4O. The average molecular weight is 258 g/mol. The van der Waals surface area contributed by atoms with Gasteiger partial charge < -0.3 is 5.11 Å². The maximum absolute atomic E-state index is 9.55.